The molecule has 0 aliphatic rings. The first-order valence-electron chi connectivity index (χ1n) is 11.1. The van der Waals surface area contributed by atoms with E-state index < -0.39 is 0 Å². The van der Waals surface area contributed by atoms with E-state index in [4.69, 9.17) is 4.42 Å². The number of rotatable bonds is 8. The number of aryl methyl sites for hydroxylation is 1. The zero-order chi connectivity index (χ0) is 23.9. The van der Waals surface area contributed by atoms with Gasteiger partial charge in [0.25, 0.3) is 5.91 Å². The smallest absolute Gasteiger partial charge is 0.251 e. The van der Waals surface area contributed by atoms with E-state index >= 15 is 0 Å². The van der Waals surface area contributed by atoms with E-state index in [1.165, 1.54) is 0 Å². The fourth-order valence-corrected chi connectivity index (χ4v) is 3.58. The van der Waals surface area contributed by atoms with Gasteiger partial charge >= 0.3 is 0 Å². The molecule has 1 heterocycles. The highest BCUT2D eigenvalue weighted by Gasteiger charge is 2.16. The van der Waals surface area contributed by atoms with Crippen molar-refractivity contribution in [1.82, 2.24) is 20.4 Å². The third kappa shape index (κ3) is 5.38. The maximum Gasteiger partial charge on any atom is 0.251 e. The molecule has 0 saturated heterocycles. The predicted octanol–water partition coefficient (Wildman–Crippen LogP) is 4.49. The first kappa shape index (κ1) is 22.9. The van der Waals surface area contributed by atoms with Crippen LogP contribution in [0.1, 0.15) is 28.4 Å². The summed E-state index contributed by atoms with van der Waals surface area (Å²) in [5.74, 6) is 0.372. The molecule has 0 aliphatic heterocycles. The predicted molar refractivity (Wildman–Crippen MR) is 130 cm³/mol. The first-order chi connectivity index (χ1) is 16.5. The number of likely N-dealkylation sites (N-methyl/N-ethyl adjacent to an activating group) is 1. The Morgan fingerprint density at radius 3 is 2.26 bits per heavy atom. The van der Waals surface area contributed by atoms with Gasteiger partial charge in [-0.3, -0.25) is 9.59 Å². The van der Waals surface area contributed by atoms with Gasteiger partial charge in [0.1, 0.15) is 0 Å². The van der Waals surface area contributed by atoms with Crippen molar-refractivity contribution in [1.29, 1.82) is 0 Å². The minimum absolute atomic E-state index is 0.0648. The summed E-state index contributed by atoms with van der Waals surface area (Å²) in [7, 11) is 0. The average Bonchev–Trinajstić information content (AvgIpc) is 3.36. The van der Waals surface area contributed by atoms with Gasteiger partial charge in [-0.2, -0.15) is 0 Å². The second-order valence-corrected chi connectivity index (χ2v) is 7.88. The fraction of sp³-hybridized carbons (Fsp3) is 0.185. The van der Waals surface area contributed by atoms with Crippen LogP contribution < -0.4 is 5.32 Å². The van der Waals surface area contributed by atoms with Crippen LogP contribution in [0.5, 0.6) is 0 Å². The van der Waals surface area contributed by atoms with E-state index in [0.717, 1.165) is 16.7 Å². The van der Waals surface area contributed by atoms with Gasteiger partial charge in [-0.1, -0.05) is 48.5 Å². The molecule has 7 heteroatoms. The lowest BCUT2D eigenvalue weighted by atomic mass is 10.1. The molecule has 4 rings (SSSR count). The van der Waals surface area contributed by atoms with Crippen LogP contribution in [0.15, 0.2) is 83.3 Å². The molecule has 0 radical (unpaired) electrons. The molecule has 172 valence electrons. The minimum atomic E-state index is -0.318. The Labute approximate surface area is 198 Å². The Morgan fingerprint density at radius 1 is 0.882 bits per heavy atom. The van der Waals surface area contributed by atoms with Gasteiger partial charge in [0, 0.05) is 29.8 Å². The number of hydrogen-bond acceptors (Lipinski definition) is 5. The lowest BCUT2D eigenvalue weighted by Gasteiger charge is -2.21. The van der Waals surface area contributed by atoms with Gasteiger partial charge in [-0.15, -0.1) is 10.2 Å². The molecular weight excluding hydrogens is 428 g/mol. The van der Waals surface area contributed by atoms with Crippen molar-refractivity contribution in [3.05, 3.63) is 95.6 Å². The van der Waals surface area contributed by atoms with E-state index in [-0.39, 0.29) is 18.4 Å². The summed E-state index contributed by atoms with van der Waals surface area (Å²) in [5.41, 5.74) is 4.13. The number of carbonyl (C=O) groups is 2. The summed E-state index contributed by atoms with van der Waals surface area (Å²) < 4.78 is 5.83. The molecule has 0 atom stereocenters. The van der Waals surface area contributed by atoms with Crippen molar-refractivity contribution < 1.29 is 14.0 Å². The monoisotopic (exact) mass is 454 g/mol. The second kappa shape index (κ2) is 10.6. The van der Waals surface area contributed by atoms with Crippen LogP contribution in [-0.4, -0.2) is 40.0 Å². The second-order valence-electron chi connectivity index (χ2n) is 7.88. The van der Waals surface area contributed by atoms with E-state index in [2.05, 4.69) is 15.5 Å². The largest absolute Gasteiger partial charge is 0.416 e. The van der Waals surface area contributed by atoms with Gasteiger partial charge in [-0.25, -0.2) is 0 Å². The third-order valence-electron chi connectivity index (χ3n) is 5.55. The number of nitrogens with zero attached hydrogens (tertiary/aromatic N) is 3. The number of benzene rings is 3. The molecule has 1 N–H and O–H groups in total. The van der Waals surface area contributed by atoms with Crippen molar-refractivity contribution in [2.75, 3.05) is 13.1 Å². The number of nitrogens with one attached hydrogen (secondary N) is 1. The van der Waals surface area contributed by atoms with Crippen molar-refractivity contribution >= 4 is 11.8 Å². The molecule has 34 heavy (non-hydrogen) atoms. The fourth-order valence-electron chi connectivity index (χ4n) is 3.58. The van der Waals surface area contributed by atoms with Crippen LogP contribution in [0, 0.1) is 6.92 Å². The molecule has 3 aromatic carbocycles. The maximum atomic E-state index is 12.6. The summed E-state index contributed by atoms with van der Waals surface area (Å²) in [6.45, 7) is 4.91. The maximum absolute atomic E-state index is 12.6. The van der Waals surface area contributed by atoms with Crippen LogP contribution in [0.4, 0.5) is 0 Å². The van der Waals surface area contributed by atoms with E-state index in [0.29, 0.717) is 36.0 Å². The Hall–Kier alpha value is -4.26. The van der Waals surface area contributed by atoms with Gasteiger partial charge in [0.15, 0.2) is 0 Å². The Morgan fingerprint density at radius 2 is 1.56 bits per heavy atom. The van der Waals surface area contributed by atoms with Crippen molar-refractivity contribution in [2.24, 2.45) is 0 Å². The standard InChI is InChI=1S/C27H26N4O3/c1-3-31(18-20-10-5-4-6-11-20)24(32)17-28-25(33)21-13-15-22(16-14-21)26-29-30-27(34-26)23-12-8-7-9-19(23)2/h4-16H,3,17-18H2,1-2H3,(H,28,33). The lowest BCUT2D eigenvalue weighted by molar-refractivity contribution is -0.130. The molecule has 0 fully saturated rings. The van der Waals surface area contributed by atoms with Crippen LogP contribution in [0.3, 0.4) is 0 Å². The molecule has 0 aliphatic carbocycles. The molecular formula is C27H26N4O3. The number of carbonyl (C=O) groups excluding carboxylic acids is 2. The highest BCUT2D eigenvalue weighted by atomic mass is 16.4. The Balaban J connectivity index is 1.36. The quantitative estimate of drug-likeness (QED) is 0.424. The molecule has 0 spiro atoms. The number of amides is 2. The summed E-state index contributed by atoms with van der Waals surface area (Å²) >= 11 is 0. The van der Waals surface area contributed by atoms with Crippen LogP contribution in [-0.2, 0) is 11.3 Å². The molecule has 0 unspecified atom stereocenters. The third-order valence-corrected chi connectivity index (χ3v) is 5.55. The normalized spacial score (nSPS) is 10.6. The summed E-state index contributed by atoms with van der Waals surface area (Å²) in [6.07, 6.45) is 0. The SMILES string of the molecule is CCN(Cc1ccccc1)C(=O)CNC(=O)c1ccc(-c2nnc(-c3ccccc3C)o2)cc1. The average molecular weight is 455 g/mol. The molecule has 0 bridgehead atoms. The zero-order valence-corrected chi connectivity index (χ0v) is 19.2. The summed E-state index contributed by atoms with van der Waals surface area (Å²) in [4.78, 5) is 26.8. The Kier molecular flexibility index (Phi) is 7.13. The van der Waals surface area contributed by atoms with Gasteiger partial charge in [0.2, 0.25) is 17.7 Å². The van der Waals surface area contributed by atoms with Crippen molar-refractivity contribution in [3.8, 4) is 22.9 Å². The number of hydrogen-bond donors (Lipinski definition) is 1. The topological polar surface area (TPSA) is 88.3 Å². The highest BCUT2D eigenvalue weighted by Crippen LogP contribution is 2.26. The first-order valence-corrected chi connectivity index (χ1v) is 11.1. The van der Waals surface area contributed by atoms with Crippen LogP contribution in [0.25, 0.3) is 22.9 Å². The number of aromatic nitrogens is 2. The minimum Gasteiger partial charge on any atom is -0.416 e. The molecule has 0 saturated carbocycles. The summed E-state index contributed by atoms with van der Waals surface area (Å²) in [5, 5.41) is 11.0. The summed E-state index contributed by atoms with van der Waals surface area (Å²) in [6, 6.07) is 24.4. The van der Waals surface area contributed by atoms with Crippen molar-refractivity contribution in [3.63, 3.8) is 0 Å². The van der Waals surface area contributed by atoms with Crippen LogP contribution in [0.2, 0.25) is 0 Å². The van der Waals surface area contributed by atoms with E-state index in [1.54, 1.807) is 29.2 Å². The molecule has 7 nitrogen and oxygen atoms in total. The van der Waals surface area contributed by atoms with E-state index in [1.807, 2.05) is 68.4 Å². The lowest BCUT2D eigenvalue weighted by Crippen LogP contribution is -2.39. The van der Waals surface area contributed by atoms with Gasteiger partial charge in [0.05, 0.1) is 6.54 Å². The van der Waals surface area contributed by atoms with Gasteiger partial charge < -0.3 is 14.6 Å². The van der Waals surface area contributed by atoms with Crippen molar-refractivity contribution in [2.45, 2.75) is 20.4 Å². The molecule has 2 amide bonds. The molecule has 1 aromatic heterocycles. The van der Waals surface area contributed by atoms with Gasteiger partial charge in [-0.05, 0) is 55.3 Å². The zero-order valence-electron chi connectivity index (χ0n) is 19.2. The van der Waals surface area contributed by atoms with E-state index in [9.17, 15) is 9.59 Å². The van der Waals surface area contributed by atoms with Crippen LogP contribution >= 0.6 is 0 Å². The highest BCUT2D eigenvalue weighted by molar-refractivity contribution is 5.96. The molecule has 4 aromatic rings. The Bertz CT molecular complexity index is 1270.